The van der Waals surface area contributed by atoms with Crippen LogP contribution in [0.3, 0.4) is 0 Å². The van der Waals surface area contributed by atoms with Crippen LogP contribution < -0.4 is 10.6 Å². The molecule has 0 spiro atoms. The molecule has 0 aliphatic rings. The van der Waals surface area contributed by atoms with Gasteiger partial charge in [0.25, 0.3) is 0 Å². The summed E-state index contributed by atoms with van der Waals surface area (Å²) in [5.41, 5.74) is 1.64. The first-order valence-electron chi connectivity index (χ1n) is 9.20. The third kappa shape index (κ3) is 4.65. The van der Waals surface area contributed by atoms with Crippen LogP contribution in [0, 0.1) is 6.92 Å². The number of sulfone groups is 1. The highest BCUT2D eigenvalue weighted by atomic mass is 32.2. The number of carbonyl (C=O) groups is 2. The highest BCUT2D eigenvalue weighted by Crippen LogP contribution is 2.30. The Bertz CT molecular complexity index is 1150. The number of carbonyl (C=O) groups excluding carboxylic acids is 2. The molecular formula is C21H23N3O4S. The quantitative estimate of drug-likeness (QED) is 0.579. The minimum atomic E-state index is -3.73. The molecule has 1 heterocycles. The van der Waals surface area contributed by atoms with E-state index in [-0.39, 0.29) is 28.2 Å². The Morgan fingerprint density at radius 2 is 1.62 bits per heavy atom. The van der Waals surface area contributed by atoms with Crippen molar-refractivity contribution in [3.63, 3.8) is 0 Å². The van der Waals surface area contributed by atoms with Gasteiger partial charge in [-0.25, -0.2) is 8.42 Å². The zero-order valence-electron chi connectivity index (χ0n) is 16.3. The third-order valence-corrected chi connectivity index (χ3v) is 6.31. The van der Waals surface area contributed by atoms with Crippen molar-refractivity contribution in [1.29, 1.82) is 0 Å². The van der Waals surface area contributed by atoms with Crippen LogP contribution in [-0.4, -0.2) is 37.9 Å². The molecule has 0 unspecified atom stereocenters. The number of aryl methyl sites for hydroxylation is 1. The summed E-state index contributed by atoms with van der Waals surface area (Å²) in [6.07, 6.45) is 1.51. The molecule has 29 heavy (non-hydrogen) atoms. The van der Waals surface area contributed by atoms with Crippen molar-refractivity contribution >= 4 is 32.6 Å². The molecule has 7 nitrogen and oxygen atoms in total. The van der Waals surface area contributed by atoms with Gasteiger partial charge in [0.1, 0.15) is 6.54 Å². The summed E-state index contributed by atoms with van der Waals surface area (Å²) in [4.78, 5) is 23.5. The molecular weight excluding hydrogens is 390 g/mol. The first-order chi connectivity index (χ1) is 13.8. The van der Waals surface area contributed by atoms with Gasteiger partial charge in [0.05, 0.1) is 9.79 Å². The van der Waals surface area contributed by atoms with Crippen molar-refractivity contribution in [3.8, 4) is 0 Å². The zero-order valence-corrected chi connectivity index (χ0v) is 17.1. The second-order valence-corrected chi connectivity index (χ2v) is 8.71. The van der Waals surface area contributed by atoms with Gasteiger partial charge >= 0.3 is 0 Å². The van der Waals surface area contributed by atoms with Crippen molar-refractivity contribution in [1.82, 2.24) is 15.2 Å². The Morgan fingerprint density at radius 1 is 0.966 bits per heavy atom. The molecule has 0 saturated carbocycles. The maximum Gasteiger partial charge on any atom is 0.240 e. The van der Waals surface area contributed by atoms with Gasteiger partial charge in [-0.05, 0) is 25.1 Å². The van der Waals surface area contributed by atoms with E-state index >= 15 is 0 Å². The highest BCUT2D eigenvalue weighted by Gasteiger charge is 2.23. The zero-order chi connectivity index (χ0) is 21.0. The van der Waals surface area contributed by atoms with Gasteiger partial charge in [0, 0.05) is 37.1 Å². The molecule has 0 bridgehead atoms. The maximum atomic E-state index is 13.2. The molecule has 0 fully saturated rings. The van der Waals surface area contributed by atoms with Crippen LogP contribution in [0.5, 0.6) is 0 Å². The Balaban J connectivity index is 1.88. The number of para-hydroxylation sites is 1. The number of benzene rings is 2. The number of nitrogens with one attached hydrogen (secondary N) is 2. The molecule has 2 amide bonds. The summed E-state index contributed by atoms with van der Waals surface area (Å²) in [7, 11) is -3.73. The van der Waals surface area contributed by atoms with E-state index in [0.717, 1.165) is 5.56 Å². The van der Waals surface area contributed by atoms with Crippen LogP contribution in [0.25, 0.3) is 10.9 Å². The number of aromatic nitrogens is 1. The first kappa shape index (κ1) is 20.6. The third-order valence-electron chi connectivity index (χ3n) is 4.51. The first-order valence-corrected chi connectivity index (χ1v) is 10.7. The maximum absolute atomic E-state index is 13.2. The van der Waals surface area contributed by atoms with E-state index in [0.29, 0.717) is 24.0 Å². The number of hydrogen-bond donors (Lipinski definition) is 2. The lowest BCUT2D eigenvalue weighted by Gasteiger charge is -2.07. The largest absolute Gasteiger partial charge is 0.355 e. The fourth-order valence-electron chi connectivity index (χ4n) is 3.05. The van der Waals surface area contributed by atoms with Crippen molar-refractivity contribution in [2.24, 2.45) is 0 Å². The fourth-order valence-corrected chi connectivity index (χ4v) is 4.53. The topological polar surface area (TPSA) is 97.3 Å². The molecule has 3 rings (SSSR count). The molecule has 0 radical (unpaired) electrons. The Hall–Kier alpha value is -3.13. The van der Waals surface area contributed by atoms with Crippen LogP contribution in [0.2, 0.25) is 0 Å². The molecule has 0 atom stereocenters. The SMILES string of the molecule is CC(=O)NCCNC(=O)Cn1cc(S(=O)(=O)c2ccc(C)cc2)c2ccccc21. The van der Waals surface area contributed by atoms with Gasteiger partial charge in [-0.2, -0.15) is 0 Å². The van der Waals surface area contributed by atoms with Crippen LogP contribution in [0.1, 0.15) is 12.5 Å². The minimum absolute atomic E-state index is 0.0238. The molecule has 2 aromatic carbocycles. The summed E-state index contributed by atoms with van der Waals surface area (Å²) in [5.74, 6) is -0.433. The van der Waals surface area contributed by atoms with Gasteiger partial charge in [-0.3, -0.25) is 9.59 Å². The molecule has 3 aromatic rings. The normalized spacial score (nSPS) is 11.4. The van der Waals surface area contributed by atoms with E-state index < -0.39 is 9.84 Å². The van der Waals surface area contributed by atoms with Crippen LogP contribution in [-0.2, 0) is 26.0 Å². The minimum Gasteiger partial charge on any atom is -0.355 e. The van der Waals surface area contributed by atoms with Crippen LogP contribution in [0.4, 0.5) is 0 Å². The number of fused-ring (bicyclic) bond motifs is 1. The van der Waals surface area contributed by atoms with Gasteiger partial charge in [-0.15, -0.1) is 0 Å². The highest BCUT2D eigenvalue weighted by molar-refractivity contribution is 7.91. The van der Waals surface area contributed by atoms with E-state index in [2.05, 4.69) is 10.6 Å². The van der Waals surface area contributed by atoms with E-state index in [4.69, 9.17) is 0 Å². The van der Waals surface area contributed by atoms with Crippen molar-refractivity contribution in [2.45, 2.75) is 30.2 Å². The van der Waals surface area contributed by atoms with E-state index in [1.54, 1.807) is 53.1 Å². The number of hydrogen-bond acceptors (Lipinski definition) is 4. The summed E-state index contributed by atoms with van der Waals surface area (Å²) >= 11 is 0. The lowest BCUT2D eigenvalue weighted by molar-refractivity contribution is -0.122. The predicted octanol–water partition coefficient (Wildman–Crippen LogP) is 2.03. The fraction of sp³-hybridized carbons (Fsp3) is 0.238. The lowest BCUT2D eigenvalue weighted by atomic mass is 10.2. The van der Waals surface area contributed by atoms with Gasteiger partial charge in [0.15, 0.2) is 0 Å². The summed E-state index contributed by atoms with van der Waals surface area (Å²) in [6.45, 7) is 3.91. The van der Waals surface area contributed by atoms with Crippen LogP contribution >= 0.6 is 0 Å². The number of nitrogens with zero attached hydrogens (tertiary/aromatic N) is 1. The van der Waals surface area contributed by atoms with Crippen molar-refractivity contribution in [3.05, 3.63) is 60.3 Å². The second kappa shape index (κ2) is 8.48. The van der Waals surface area contributed by atoms with E-state index in [1.165, 1.54) is 13.1 Å². The Labute approximate surface area is 169 Å². The summed E-state index contributed by atoms with van der Waals surface area (Å²) in [5, 5.41) is 5.88. The van der Waals surface area contributed by atoms with E-state index in [1.807, 2.05) is 6.92 Å². The smallest absolute Gasteiger partial charge is 0.240 e. The molecule has 1 aromatic heterocycles. The van der Waals surface area contributed by atoms with Gasteiger partial charge in [0.2, 0.25) is 21.7 Å². The van der Waals surface area contributed by atoms with E-state index in [9.17, 15) is 18.0 Å². The molecule has 0 saturated heterocycles. The van der Waals surface area contributed by atoms with Gasteiger partial charge < -0.3 is 15.2 Å². The Morgan fingerprint density at radius 3 is 2.31 bits per heavy atom. The molecule has 152 valence electrons. The molecule has 0 aliphatic heterocycles. The van der Waals surface area contributed by atoms with Crippen LogP contribution in [0.15, 0.2) is 64.5 Å². The number of rotatable bonds is 7. The van der Waals surface area contributed by atoms with Crippen molar-refractivity contribution < 1.29 is 18.0 Å². The summed E-state index contributed by atoms with van der Waals surface area (Å²) < 4.78 is 28.0. The monoisotopic (exact) mass is 413 g/mol. The lowest BCUT2D eigenvalue weighted by Crippen LogP contribution is -2.35. The summed E-state index contributed by atoms with van der Waals surface area (Å²) in [6, 6.07) is 13.8. The molecule has 8 heteroatoms. The Kier molecular flexibility index (Phi) is 6.03. The second-order valence-electron chi connectivity index (χ2n) is 6.79. The van der Waals surface area contributed by atoms with Gasteiger partial charge in [-0.1, -0.05) is 35.9 Å². The average Bonchev–Trinajstić information content (AvgIpc) is 3.05. The average molecular weight is 413 g/mol. The van der Waals surface area contributed by atoms with Crippen molar-refractivity contribution in [2.75, 3.05) is 13.1 Å². The molecule has 0 aliphatic carbocycles. The predicted molar refractivity (Wildman–Crippen MR) is 110 cm³/mol. The molecule has 2 N–H and O–H groups in total. The number of amides is 2. The standard InChI is InChI=1S/C21H23N3O4S/c1-15-7-9-17(10-8-15)29(27,28)20-13-24(19-6-4-3-5-18(19)20)14-21(26)23-12-11-22-16(2)25/h3-10,13H,11-12,14H2,1-2H3,(H,22,25)(H,23,26).